The van der Waals surface area contributed by atoms with Crippen molar-refractivity contribution < 1.29 is 9.59 Å². The molecule has 190 valence electrons. The molecule has 0 aromatic carbocycles. The highest BCUT2D eigenvalue weighted by Crippen LogP contribution is 2.27. The SMILES string of the molecule is CC1CCCN(c2ccc(NC(=O)C3CCCC3)cn2)C1.CCCN(C=O)C1CCCCCC1. The van der Waals surface area contributed by atoms with Gasteiger partial charge in [0.25, 0.3) is 0 Å². The van der Waals surface area contributed by atoms with E-state index in [1.807, 2.05) is 17.0 Å². The van der Waals surface area contributed by atoms with Crippen LogP contribution in [0, 0.1) is 11.8 Å². The summed E-state index contributed by atoms with van der Waals surface area (Å²) < 4.78 is 0. The molecule has 1 aromatic heterocycles. The summed E-state index contributed by atoms with van der Waals surface area (Å²) in [6.45, 7) is 7.54. The number of hydrogen-bond acceptors (Lipinski definition) is 4. The minimum absolute atomic E-state index is 0.161. The van der Waals surface area contributed by atoms with Crippen molar-refractivity contribution in [3.63, 3.8) is 0 Å². The summed E-state index contributed by atoms with van der Waals surface area (Å²) >= 11 is 0. The summed E-state index contributed by atoms with van der Waals surface area (Å²) in [5, 5.41) is 3.00. The van der Waals surface area contributed by atoms with Gasteiger partial charge in [0.05, 0.1) is 11.9 Å². The van der Waals surface area contributed by atoms with E-state index in [2.05, 4.69) is 29.0 Å². The Morgan fingerprint density at radius 3 is 2.35 bits per heavy atom. The van der Waals surface area contributed by atoms with Crippen LogP contribution in [0.3, 0.4) is 0 Å². The van der Waals surface area contributed by atoms with Crippen LogP contribution in [-0.2, 0) is 9.59 Å². The topological polar surface area (TPSA) is 65.5 Å². The molecule has 1 N–H and O–H groups in total. The Morgan fingerprint density at radius 2 is 1.76 bits per heavy atom. The standard InChI is InChI=1S/C17H25N3O.C11H21NO/c1-13-5-4-10-20(12-13)16-9-8-15(11-18-16)19-17(21)14-6-2-3-7-14;1-2-9-12(10-13)11-7-5-3-4-6-8-11/h8-9,11,13-14H,2-7,10,12H2,1H3,(H,19,21);10-11H,2-9H2,1H3. The van der Waals surface area contributed by atoms with Crippen LogP contribution in [0.2, 0.25) is 0 Å². The third kappa shape index (κ3) is 8.28. The van der Waals surface area contributed by atoms with Crippen LogP contribution in [-0.4, -0.2) is 47.9 Å². The van der Waals surface area contributed by atoms with Gasteiger partial charge in [-0.3, -0.25) is 9.59 Å². The highest BCUT2D eigenvalue weighted by molar-refractivity contribution is 5.92. The molecule has 1 atom stereocenters. The second-order valence-electron chi connectivity index (χ2n) is 10.6. The summed E-state index contributed by atoms with van der Waals surface area (Å²) in [4.78, 5) is 31.8. The first-order valence-electron chi connectivity index (χ1n) is 13.8. The van der Waals surface area contributed by atoms with Gasteiger partial charge in [-0.1, -0.05) is 52.4 Å². The monoisotopic (exact) mass is 470 g/mol. The van der Waals surface area contributed by atoms with Crippen molar-refractivity contribution in [1.82, 2.24) is 9.88 Å². The van der Waals surface area contributed by atoms with Crippen molar-refractivity contribution in [2.75, 3.05) is 29.9 Å². The van der Waals surface area contributed by atoms with Gasteiger partial charge in [0.2, 0.25) is 12.3 Å². The average Bonchev–Trinajstić information content (AvgIpc) is 3.27. The fourth-order valence-corrected chi connectivity index (χ4v) is 5.65. The first kappa shape index (κ1) is 26.5. The van der Waals surface area contributed by atoms with E-state index in [4.69, 9.17) is 0 Å². The largest absolute Gasteiger partial charge is 0.356 e. The van der Waals surface area contributed by atoms with Crippen molar-refractivity contribution >= 4 is 23.8 Å². The Morgan fingerprint density at radius 1 is 1.06 bits per heavy atom. The number of nitrogens with one attached hydrogen (secondary N) is 1. The molecular weight excluding hydrogens is 424 g/mol. The summed E-state index contributed by atoms with van der Waals surface area (Å²) in [5.74, 6) is 2.13. The van der Waals surface area contributed by atoms with E-state index in [1.54, 1.807) is 6.20 Å². The van der Waals surface area contributed by atoms with Crippen LogP contribution in [0.5, 0.6) is 0 Å². The Bertz CT molecular complexity index is 724. The van der Waals surface area contributed by atoms with E-state index in [9.17, 15) is 9.59 Å². The second kappa shape index (κ2) is 14.3. The summed E-state index contributed by atoms with van der Waals surface area (Å²) in [5.41, 5.74) is 0.820. The summed E-state index contributed by atoms with van der Waals surface area (Å²) in [6, 6.07) is 4.55. The molecule has 3 aliphatic rings. The van der Waals surface area contributed by atoms with E-state index >= 15 is 0 Å². The van der Waals surface area contributed by atoms with Gasteiger partial charge in [0, 0.05) is 31.6 Å². The van der Waals surface area contributed by atoms with Crippen LogP contribution in [0.15, 0.2) is 18.3 Å². The lowest BCUT2D eigenvalue weighted by atomic mass is 10.0. The van der Waals surface area contributed by atoms with Crippen molar-refractivity contribution in [2.45, 2.75) is 103 Å². The maximum Gasteiger partial charge on any atom is 0.227 e. The predicted molar refractivity (Wildman–Crippen MR) is 140 cm³/mol. The third-order valence-corrected chi connectivity index (χ3v) is 7.63. The zero-order valence-corrected chi connectivity index (χ0v) is 21.5. The van der Waals surface area contributed by atoms with Gasteiger partial charge in [0.1, 0.15) is 5.82 Å². The van der Waals surface area contributed by atoms with E-state index in [0.29, 0.717) is 6.04 Å². The summed E-state index contributed by atoms with van der Waals surface area (Å²) in [6.07, 6.45) is 18.7. The molecule has 4 rings (SSSR count). The number of nitrogens with zero attached hydrogens (tertiary/aromatic N) is 3. The molecule has 1 unspecified atom stereocenters. The van der Waals surface area contributed by atoms with Crippen LogP contribution < -0.4 is 10.2 Å². The maximum atomic E-state index is 12.1. The minimum atomic E-state index is 0.161. The van der Waals surface area contributed by atoms with Gasteiger partial charge in [0.15, 0.2) is 0 Å². The molecule has 6 heteroatoms. The molecule has 2 saturated carbocycles. The highest BCUT2D eigenvalue weighted by Gasteiger charge is 2.23. The van der Waals surface area contributed by atoms with Crippen LogP contribution in [0.1, 0.15) is 97.3 Å². The molecule has 3 fully saturated rings. The van der Waals surface area contributed by atoms with Gasteiger partial charge in [-0.05, 0) is 63.0 Å². The van der Waals surface area contributed by atoms with Crippen molar-refractivity contribution in [3.8, 4) is 0 Å². The molecule has 6 nitrogen and oxygen atoms in total. The Kier molecular flexibility index (Phi) is 11.2. The zero-order valence-electron chi connectivity index (χ0n) is 21.5. The number of piperidine rings is 1. The fraction of sp³-hybridized carbons (Fsp3) is 0.750. The number of rotatable bonds is 7. The van der Waals surface area contributed by atoms with E-state index in [-0.39, 0.29) is 11.8 Å². The second-order valence-corrected chi connectivity index (χ2v) is 10.6. The van der Waals surface area contributed by atoms with Crippen LogP contribution >= 0.6 is 0 Å². The molecule has 2 amide bonds. The molecule has 0 bridgehead atoms. The highest BCUT2D eigenvalue weighted by atomic mass is 16.2. The van der Waals surface area contributed by atoms with E-state index in [1.165, 1.54) is 64.2 Å². The number of amides is 2. The number of aromatic nitrogens is 1. The third-order valence-electron chi connectivity index (χ3n) is 7.63. The van der Waals surface area contributed by atoms with Crippen LogP contribution in [0.25, 0.3) is 0 Å². The predicted octanol–water partition coefficient (Wildman–Crippen LogP) is 6.02. The van der Waals surface area contributed by atoms with Gasteiger partial charge < -0.3 is 15.1 Å². The van der Waals surface area contributed by atoms with Crippen molar-refractivity contribution in [2.24, 2.45) is 11.8 Å². The number of anilines is 2. The maximum absolute atomic E-state index is 12.1. The smallest absolute Gasteiger partial charge is 0.227 e. The zero-order chi connectivity index (χ0) is 24.2. The van der Waals surface area contributed by atoms with Gasteiger partial charge in [-0.25, -0.2) is 4.98 Å². The molecule has 1 aliphatic heterocycles. The lowest BCUT2D eigenvalue weighted by Gasteiger charge is -2.31. The first-order valence-corrected chi connectivity index (χ1v) is 13.8. The van der Waals surface area contributed by atoms with E-state index < -0.39 is 0 Å². The molecule has 0 spiro atoms. The number of carbonyl (C=O) groups is 2. The molecule has 1 saturated heterocycles. The normalized spacial score (nSPS) is 21.8. The van der Waals surface area contributed by atoms with Crippen LogP contribution in [0.4, 0.5) is 11.5 Å². The lowest BCUT2D eigenvalue weighted by Crippen LogP contribution is -2.34. The quantitative estimate of drug-likeness (QED) is 0.391. The first-order chi connectivity index (χ1) is 16.6. The number of hydrogen-bond donors (Lipinski definition) is 1. The van der Waals surface area contributed by atoms with Gasteiger partial charge in [-0.2, -0.15) is 0 Å². The Labute approximate surface area is 206 Å². The molecular formula is C28H46N4O2. The lowest BCUT2D eigenvalue weighted by molar-refractivity contribution is -0.121. The number of carbonyl (C=O) groups excluding carboxylic acids is 2. The van der Waals surface area contributed by atoms with E-state index in [0.717, 1.165) is 62.7 Å². The van der Waals surface area contributed by atoms with Gasteiger partial charge >= 0.3 is 0 Å². The fourth-order valence-electron chi connectivity index (χ4n) is 5.65. The molecule has 0 radical (unpaired) electrons. The molecule has 1 aromatic rings. The van der Waals surface area contributed by atoms with Crippen molar-refractivity contribution in [1.29, 1.82) is 0 Å². The van der Waals surface area contributed by atoms with Crippen molar-refractivity contribution in [3.05, 3.63) is 18.3 Å². The van der Waals surface area contributed by atoms with Gasteiger partial charge in [-0.15, -0.1) is 0 Å². The minimum Gasteiger partial charge on any atom is -0.356 e. The molecule has 34 heavy (non-hydrogen) atoms. The molecule has 2 heterocycles. The Hall–Kier alpha value is -2.11. The number of pyridine rings is 1. The summed E-state index contributed by atoms with van der Waals surface area (Å²) in [7, 11) is 0. The Balaban J connectivity index is 0.000000215. The average molecular weight is 471 g/mol. The molecule has 2 aliphatic carbocycles.